The number of nitrogens with one attached hydrogen (secondary N) is 1. The van der Waals surface area contributed by atoms with Crippen molar-refractivity contribution < 1.29 is 9.72 Å². The summed E-state index contributed by atoms with van der Waals surface area (Å²) in [5.74, 6) is -0.0993. The summed E-state index contributed by atoms with van der Waals surface area (Å²) in [6.07, 6.45) is 0. The van der Waals surface area contributed by atoms with Gasteiger partial charge in [0.25, 0.3) is 5.69 Å². The first-order valence-electron chi connectivity index (χ1n) is 7.38. The van der Waals surface area contributed by atoms with E-state index in [1.54, 1.807) is 0 Å². The summed E-state index contributed by atoms with van der Waals surface area (Å²) in [6, 6.07) is 17.9. The number of anilines is 1. The molecule has 0 radical (unpaired) electrons. The summed E-state index contributed by atoms with van der Waals surface area (Å²) in [5, 5.41) is 15.9. The first-order chi connectivity index (χ1) is 12.0. The zero-order valence-corrected chi connectivity index (χ0v) is 14.5. The Labute approximate surface area is 153 Å². The highest BCUT2D eigenvalue weighted by atomic mass is 35.5. The SMILES string of the molecule is O=C(CSc1ccc2ccccc2c1)Nc1cc([N+](=O)[O-])ccc1Cl. The summed E-state index contributed by atoms with van der Waals surface area (Å²) in [6.45, 7) is 0. The monoisotopic (exact) mass is 372 g/mol. The minimum atomic E-state index is -0.532. The van der Waals surface area contributed by atoms with Crippen molar-refractivity contribution in [3.63, 3.8) is 0 Å². The maximum absolute atomic E-state index is 12.1. The average molecular weight is 373 g/mol. The molecule has 3 aromatic carbocycles. The van der Waals surface area contributed by atoms with Crippen molar-refractivity contribution in [3.8, 4) is 0 Å². The number of nitro benzene ring substituents is 1. The number of rotatable bonds is 5. The molecule has 3 aromatic rings. The molecule has 0 spiro atoms. The van der Waals surface area contributed by atoms with E-state index in [4.69, 9.17) is 11.6 Å². The molecule has 5 nitrogen and oxygen atoms in total. The van der Waals surface area contributed by atoms with Gasteiger partial charge in [0.05, 0.1) is 21.4 Å². The van der Waals surface area contributed by atoms with Crippen LogP contribution in [0, 0.1) is 10.1 Å². The normalized spacial score (nSPS) is 10.6. The summed E-state index contributed by atoms with van der Waals surface area (Å²) < 4.78 is 0. The van der Waals surface area contributed by atoms with Crippen molar-refractivity contribution in [1.29, 1.82) is 0 Å². The molecule has 0 saturated carbocycles. The maximum Gasteiger partial charge on any atom is 0.271 e. The quantitative estimate of drug-likeness (QED) is 0.382. The van der Waals surface area contributed by atoms with Crippen LogP contribution in [0.5, 0.6) is 0 Å². The van der Waals surface area contributed by atoms with Gasteiger partial charge in [-0.3, -0.25) is 14.9 Å². The number of carbonyl (C=O) groups is 1. The minimum absolute atomic E-state index is 0.123. The van der Waals surface area contributed by atoms with E-state index < -0.39 is 4.92 Å². The zero-order valence-electron chi connectivity index (χ0n) is 12.9. The van der Waals surface area contributed by atoms with Crippen molar-refractivity contribution in [3.05, 3.63) is 75.8 Å². The molecule has 0 fully saturated rings. The fourth-order valence-electron chi connectivity index (χ4n) is 2.31. The van der Waals surface area contributed by atoms with Crippen LogP contribution in [-0.2, 0) is 4.79 Å². The number of amides is 1. The maximum atomic E-state index is 12.1. The van der Waals surface area contributed by atoms with Gasteiger partial charge in [0.2, 0.25) is 5.91 Å². The highest BCUT2D eigenvalue weighted by Crippen LogP contribution is 2.28. The minimum Gasteiger partial charge on any atom is -0.324 e. The molecule has 0 unspecified atom stereocenters. The van der Waals surface area contributed by atoms with Crippen LogP contribution in [-0.4, -0.2) is 16.6 Å². The molecule has 0 atom stereocenters. The molecule has 3 rings (SSSR count). The predicted molar refractivity (Wildman–Crippen MR) is 101 cm³/mol. The molecule has 25 heavy (non-hydrogen) atoms. The van der Waals surface area contributed by atoms with Crippen molar-refractivity contribution in [2.75, 3.05) is 11.1 Å². The number of fused-ring (bicyclic) bond motifs is 1. The summed E-state index contributed by atoms with van der Waals surface area (Å²) >= 11 is 7.37. The molecular formula is C18H13ClN2O3S. The van der Waals surface area contributed by atoms with Gasteiger partial charge >= 0.3 is 0 Å². The molecule has 0 heterocycles. The number of halogens is 1. The van der Waals surface area contributed by atoms with E-state index in [1.165, 1.54) is 30.0 Å². The second kappa shape index (κ2) is 7.55. The van der Waals surface area contributed by atoms with Crippen LogP contribution in [0.2, 0.25) is 5.02 Å². The Kier molecular flexibility index (Phi) is 5.21. The van der Waals surface area contributed by atoms with E-state index in [2.05, 4.69) is 5.32 Å². The van der Waals surface area contributed by atoms with Gasteiger partial charge in [0.1, 0.15) is 0 Å². The third kappa shape index (κ3) is 4.29. The molecular weight excluding hydrogens is 360 g/mol. The van der Waals surface area contributed by atoms with Gasteiger partial charge in [-0.2, -0.15) is 0 Å². The zero-order chi connectivity index (χ0) is 17.8. The van der Waals surface area contributed by atoms with Crippen LogP contribution in [0.15, 0.2) is 65.6 Å². The molecule has 1 amide bonds. The van der Waals surface area contributed by atoms with Crippen molar-refractivity contribution in [1.82, 2.24) is 0 Å². The first-order valence-corrected chi connectivity index (χ1v) is 8.75. The van der Waals surface area contributed by atoms with E-state index in [1.807, 2.05) is 42.5 Å². The molecule has 0 aliphatic carbocycles. The fraction of sp³-hybridized carbons (Fsp3) is 0.0556. The predicted octanol–water partition coefficient (Wildman–Crippen LogP) is 5.13. The number of carbonyl (C=O) groups excluding carboxylic acids is 1. The van der Waals surface area contributed by atoms with Crippen LogP contribution in [0.25, 0.3) is 10.8 Å². The molecule has 126 valence electrons. The van der Waals surface area contributed by atoms with Crippen LogP contribution in [0.3, 0.4) is 0 Å². The molecule has 0 bridgehead atoms. The average Bonchev–Trinajstić information content (AvgIpc) is 2.61. The fourth-order valence-corrected chi connectivity index (χ4v) is 3.22. The standard InChI is InChI=1S/C18H13ClN2O3S/c19-16-8-6-14(21(23)24)10-17(16)20-18(22)11-25-15-7-5-12-3-1-2-4-13(12)9-15/h1-10H,11H2,(H,20,22). The lowest BCUT2D eigenvalue weighted by Gasteiger charge is -2.07. The Balaban J connectivity index is 1.66. The van der Waals surface area contributed by atoms with Gasteiger partial charge < -0.3 is 5.32 Å². The molecule has 0 aliphatic heterocycles. The molecule has 0 saturated heterocycles. The van der Waals surface area contributed by atoms with E-state index >= 15 is 0 Å². The summed E-state index contributed by atoms with van der Waals surface area (Å²) in [5.41, 5.74) is 0.113. The van der Waals surface area contributed by atoms with E-state index in [0.717, 1.165) is 15.7 Å². The Morgan fingerprint density at radius 1 is 1.08 bits per heavy atom. The van der Waals surface area contributed by atoms with Crippen LogP contribution < -0.4 is 5.32 Å². The number of thioether (sulfide) groups is 1. The topological polar surface area (TPSA) is 72.2 Å². The van der Waals surface area contributed by atoms with Gasteiger partial charge in [0.15, 0.2) is 0 Å². The molecule has 7 heteroatoms. The number of nitro groups is 1. The highest BCUT2D eigenvalue weighted by Gasteiger charge is 2.12. The number of non-ortho nitro benzene ring substituents is 1. The molecule has 0 aromatic heterocycles. The second-order valence-electron chi connectivity index (χ2n) is 5.27. The third-order valence-corrected chi connectivity index (χ3v) is 4.85. The number of nitrogens with zero attached hydrogens (tertiary/aromatic N) is 1. The van der Waals surface area contributed by atoms with E-state index in [0.29, 0.717) is 0 Å². The largest absolute Gasteiger partial charge is 0.324 e. The van der Waals surface area contributed by atoms with E-state index in [-0.39, 0.29) is 28.1 Å². The number of benzene rings is 3. The van der Waals surface area contributed by atoms with Gasteiger partial charge in [-0.05, 0) is 29.0 Å². The van der Waals surface area contributed by atoms with E-state index in [9.17, 15) is 14.9 Å². The second-order valence-corrected chi connectivity index (χ2v) is 6.72. The van der Waals surface area contributed by atoms with Crippen LogP contribution in [0.1, 0.15) is 0 Å². The van der Waals surface area contributed by atoms with Gasteiger partial charge in [0, 0.05) is 17.0 Å². The van der Waals surface area contributed by atoms with Gasteiger partial charge in [-0.1, -0.05) is 41.9 Å². The smallest absolute Gasteiger partial charge is 0.271 e. The van der Waals surface area contributed by atoms with Crippen LogP contribution in [0.4, 0.5) is 11.4 Å². The third-order valence-electron chi connectivity index (χ3n) is 3.53. The summed E-state index contributed by atoms with van der Waals surface area (Å²) in [4.78, 5) is 23.4. The molecule has 1 N–H and O–H groups in total. The summed E-state index contributed by atoms with van der Waals surface area (Å²) in [7, 11) is 0. The highest BCUT2D eigenvalue weighted by molar-refractivity contribution is 8.00. The Morgan fingerprint density at radius 2 is 1.84 bits per heavy atom. The van der Waals surface area contributed by atoms with Crippen LogP contribution >= 0.6 is 23.4 Å². The van der Waals surface area contributed by atoms with Gasteiger partial charge in [-0.25, -0.2) is 0 Å². The van der Waals surface area contributed by atoms with Crippen molar-refractivity contribution in [2.24, 2.45) is 0 Å². The first kappa shape index (κ1) is 17.3. The molecule has 0 aliphatic rings. The van der Waals surface area contributed by atoms with Crippen molar-refractivity contribution >= 4 is 51.4 Å². The van der Waals surface area contributed by atoms with Gasteiger partial charge in [-0.15, -0.1) is 11.8 Å². The van der Waals surface area contributed by atoms with Crippen molar-refractivity contribution in [2.45, 2.75) is 4.90 Å². The number of hydrogen-bond donors (Lipinski definition) is 1. The number of hydrogen-bond acceptors (Lipinski definition) is 4. The lowest BCUT2D eigenvalue weighted by atomic mass is 10.1. The lowest BCUT2D eigenvalue weighted by molar-refractivity contribution is -0.384. The Bertz CT molecular complexity index is 962. The Morgan fingerprint density at radius 3 is 2.60 bits per heavy atom. The Hall–Kier alpha value is -2.57. The lowest BCUT2D eigenvalue weighted by Crippen LogP contribution is -2.14.